The van der Waals surface area contributed by atoms with Gasteiger partial charge < -0.3 is 10.2 Å². The molecule has 100 valence electrons. The molecule has 17 heavy (non-hydrogen) atoms. The normalized spacial score (nSPS) is 33.8. The van der Waals surface area contributed by atoms with Gasteiger partial charge in [-0.3, -0.25) is 0 Å². The van der Waals surface area contributed by atoms with E-state index in [0.29, 0.717) is 13.1 Å². The molecule has 0 saturated carbocycles. The Kier molecular flexibility index (Phi) is 4.07. The van der Waals surface area contributed by atoms with Crippen molar-refractivity contribution in [1.29, 1.82) is 0 Å². The molecule has 2 aliphatic heterocycles. The molecule has 0 radical (unpaired) electrons. The van der Waals surface area contributed by atoms with E-state index >= 15 is 0 Å². The molecule has 2 rings (SSSR count). The van der Waals surface area contributed by atoms with Crippen LogP contribution in [0, 0.1) is 0 Å². The summed E-state index contributed by atoms with van der Waals surface area (Å²) in [5.74, 6) is 0. The van der Waals surface area contributed by atoms with E-state index in [9.17, 15) is 8.42 Å². The van der Waals surface area contributed by atoms with Gasteiger partial charge in [-0.1, -0.05) is 0 Å². The number of sulfonamides is 1. The van der Waals surface area contributed by atoms with Crippen molar-refractivity contribution in [3.05, 3.63) is 0 Å². The van der Waals surface area contributed by atoms with Crippen LogP contribution in [0.4, 0.5) is 0 Å². The fraction of sp³-hybridized carbons (Fsp3) is 1.00. The summed E-state index contributed by atoms with van der Waals surface area (Å²) >= 11 is 0. The van der Waals surface area contributed by atoms with E-state index in [2.05, 4.69) is 10.2 Å². The van der Waals surface area contributed by atoms with Crippen molar-refractivity contribution in [3.8, 4) is 0 Å². The van der Waals surface area contributed by atoms with Crippen LogP contribution in [-0.4, -0.2) is 68.7 Å². The topological polar surface area (TPSA) is 52.7 Å². The van der Waals surface area contributed by atoms with Crippen LogP contribution in [0.2, 0.25) is 0 Å². The van der Waals surface area contributed by atoms with Gasteiger partial charge in [0.25, 0.3) is 0 Å². The standard InChI is InChI=1S/C11H23N3O2S/c1-10-9-13(2)6-7-14(10)17(15,16)11-4-3-5-12-8-11/h10-12H,3-9H2,1-2H3. The minimum atomic E-state index is -3.11. The average Bonchev–Trinajstić information content (AvgIpc) is 2.29. The summed E-state index contributed by atoms with van der Waals surface area (Å²) in [4.78, 5) is 2.19. The van der Waals surface area contributed by atoms with Crippen molar-refractivity contribution >= 4 is 10.0 Å². The van der Waals surface area contributed by atoms with E-state index < -0.39 is 10.0 Å². The highest BCUT2D eigenvalue weighted by Gasteiger charge is 2.37. The predicted molar refractivity (Wildman–Crippen MR) is 68.5 cm³/mol. The maximum Gasteiger partial charge on any atom is 0.218 e. The number of rotatable bonds is 2. The molecule has 0 spiro atoms. The first-order chi connectivity index (χ1) is 8.01. The third-order valence-corrected chi connectivity index (χ3v) is 6.21. The highest BCUT2D eigenvalue weighted by molar-refractivity contribution is 7.89. The lowest BCUT2D eigenvalue weighted by Gasteiger charge is -2.39. The highest BCUT2D eigenvalue weighted by atomic mass is 32.2. The molecule has 2 aliphatic rings. The number of hydrogen-bond acceptors (Lipinski definition) is 4. The van der Waals surface area contributed by atoms with E-state index in [4.69, 9.17) is 0 Å². The van der Waals surface area contributed by atoms with Crippen LogP contribution in [0.15, 0.2) is 0 Å². The van der Waals surface area contributed by atoms with Crippen LogP contribution in [0.1, 0.15) is 19.8 Å². The lowest BCUT2D eigenvalue weighted by molar-refractivity contribution is 0.168. The molecule has 5 nitrogen and oxygen atoms in total. The molecule has 0 aromatic rings. The van der Waals surface area contributed by atoms with Crippen LogP contribution in [-0.2, 0) is 10.0 Å². The Labute approximate surface area is 104 Å². The summed E-state index contributed by atoms with van der Waals surface area (Å²) in [6.07, 6.45) is 1.76. The third kappa shape index (κ3) is 2.81. The van der Waals surface area contributed by atoms with Crippen LogP contribution in [0.25, 0.3) is 0 Å². The zero-order valence-electron chi connectivity index (χ0n) is 10.7. The first kappa shape index (κ1) is 13.3. The van der Waals surface area contributed by atoms with Crippen LogP contribution in [0.5, 0.6) is 0 Å². The Morgan fingerprint density at radius 1 is 1.29 bits per heavy atom. The summed E-state index contributed by atoms with van der Waals surface area (Å²) in [6.45, 7) is 5.87. The fourth-order valence-electron chi connectivity index (χ4n) is 2.77. The summed E-state index contributed by atoms with van der Waals surface area (Å²) in [6, 6.07) is 0.0978. The van der Waals surface area contributed by atoms with Gasteiger partial charge in [0.1, 0.15) is 0 Å². The Balaban J connectivity index is 2.08. The van der Waals surface area contributed by atoms with E-state index in [1.807, 2.05) is 14.0 Å². The number of likely N-dealkylation sites (N-methyl/N-ethyl adjacent to an activating group) is 1. The van der Waals surface area contributed by atoms with Crippen LogP contribution < -0.4 is 5.32 Å². The molecule has 2 fully saturated rings. The molecule has 2 heterocycles. The number of nitrogens with zero attached hydrogens (tertiary/aromatic N) is 2. The average molecular weight is 261 g/mol. The zero-order chi connectivity index (χ0) is 12.5. The molecule has 0 aliphatic carbocycles. The van der Waals surface area contributed by atoms with Crippen molar-refractivity contribution in [2.24, 2.45) is 0 Å². The molecule has 6 heteroatoms. The van der Waals surface area contributed by atoms with E-state index in [1.165, 1.54) is 0 Å². The second-order valence-corrected chi connectivity index (χ2v) is 7.40. The number of piperazine rings is 1. The second kappa shape index (κ2) is 5.22. The number of hydrogen-bond donors (Lipinski definition) is 1. The van der Waals surface area contributed by atoms with Gasteiger partial charge in [0, 0.05) is 32.2 Å². The first-order valence-electron chi connectivity index (χ1n) is 6.41. The molecule has 0 amide bonds. The van der Waals surface area contributed by atoms with Crippen molar-refractivity contribution in [1.82, 2.24) is 14.5 Å². The summed E-state index contributed by atoms with van der Waals surface area (Å²) < 4.78 is 26.8. The highest BCUT2D eigenvalue weighted by Crippen LogP contribution is 2.21. The molecule has 2 saturated heterocycles. The third-order valence-electron chi connectivity index (χ3n) is 3.77. The molecule has 2 atom stereocenters. The van der Waals surface area contributed by atoms with Gasteiger partial charge in [-0.15, -0.1) is 0 Å². The maximum atomic E-state index is 12.5. The van der Waals surface area contributed by atoms with Crippen molar-refractivity contribution in [2.45, 2.75) is 31.1 Å². The SMILES string of the molecule is CC1CN(C)CCN1S(=O)(=O)C1CCCNC1. The molecular weight excluding hydrogens is 238 g/mol. The van der Waals surface area contributed by atoms with E-state index in [1.54, 1.807) is 4.31 Å². The van der Waals surface area contributed by atoms with Gasteiger partial charge in [-0.05, 0) is 33.4 Å². The summed E-state index contributed by atoms with van der Waals surface area (Å²) in [7, 11) is -1.07. The Morgan fingerprint density at radius 2 is 2.06 bits per heavy atom. The lowest BCUT2D eigenvalue weighted by Crippen LogP contribution is -2.56. The van der Waals surface area contributed by atoms with Crippen molar-refractivity contribution < 1.29 is 8.42 Å². The number of nitrogens with one attached hydrogen (secondary N) is 1. The minimum absolute atomic E-state index is 0.0978. The summed E-state index contributed by atoms with van der Waals surface area (Å²) in [5.41, 5.74) is 0. The van der Waals surface area contributed by atoms with Gasteiger partial charge in [0.05, 0.1) is 5.25 Å². The smallest absolute Gasteiger partial charge is 0.218 e. The molecule has 0 aromatic carbocycles. The largest absolute Gasteiger partial charge is 0.315 e. The second-order valence-electron chi connectivity index (χ2n) is 5.24. The van der Waals surface area contributed by atoms with Gasteiger partial charge in [-0.25, -0.2) is 8.42 Å². The minimum Gasteiger partial charge on any atom is -0.315 e. The Bertz CT molecular complexity index is 352. The Morgan fingerprint density at radius 3 is 2.65 bits per heavy atom. The first-order valence-corrected chi connectivity index (χ1v) is 7.92. The monoisotopic (exact) mass is 261 g/mol. The van der Waals surface area contributed by atoms with E-state index in [-0.39, 0.29) is 11.3 Å². The quantitative estimate of drug-likeness (QED) is 0.742. The molecular formula is C11H23N3O2S. The maximum absolute atomic E-state index is 12.5. The van der Waals surface area contributed by atoms with Crippen LogP contribution in [0.3, 0.4) is 0 Å². The fourth-order valence-corrected chi connectivity index (χ4v) is 4.85. The predicted octanol–water partition coefficient (Wildman–Crippen LogP) is -0.296. The molecule has 1 N–H and O–H groups in total. The van der Waals surface area contributed by atoms with Crippen molar-refractivity contribution in [3.63, 3.8) is 0 Å². The molecule has 2 unspecified atom stereocenters. The van der Waals surface area contributed by atoms with Crippen LogP contribution >= 0.6 is 0 Å². The number of piperidine rings is 1. The van der Waals surface area contributed by atoms with Gasteiger partial charge >= 0.3 is 0 Å². The van der Waals surface area contributed by atoms with Gasteiger partial charge in [0.2, 0.25) is 10.0 Å². The Hall–Kier alpha value is -0.170. The summed E-state index contributed by atoms with van der Waals surface area (Å²) in [5, 5.41) is 2.97. The van der Waals surface area contributed by atoms with Gasteiger partial charge in [-0.2, -0.15) is 4.31 Å². The van der Waals surface area contributed by atoms with Gasteiger partial charge in [0.15, 0.2) is 0 Å². The lowest BCUT2D eigenvalue weighted by atomic mass is 10.2. The molecule has 0 aromatic heterocycles. The molecule has 0 bridgehead atoms. The zero-order valence-corrected chi connectivity index (χ0v) is 11.5. The van der Waals surface area contributed by atoms with Crippen molar-refractivity contribution in [2.75, 3.05) is 39.8 Å². The van der Waals surface area contributed by atoms with E-state index in [0.717, 1.165) is 32.5 Å².